The normalized spacial score (nSPS) is 46.8. The first kappa shape index (κ1) is 32.5. The fourth-order valence-electron chi connectivity index (χ4n) is 12.5. The number of ether oxygens (including phenoxy) is 2. The van der Waals surface area contributed by atoms with Crippen molar-refractivity contribution < 1.29 is 23.9 Å². The van der Waals surface area contributed by atoms with Crippen molar-refractivity contribution in [2.75, 3.05) is 19.7 Å². The van der Waals surface area contributed by atoms with Crippen LogP contribution in [-0.2, 0) is 23.9 Å². The molecule has 242 valence electrons. The number of hydrogen-bond acceptors (Lipinski definition) is 6. The number of esters is 2. The van der Waals surface area contributed by atoms with Crippen molar-refractivity contribution in [2.45, 2.75) is 119 Å². The summed E-state index contributed by atoms with van der Waals surface area (Å²) in [6.45, 7) is 20.7. The van der Waals surface area contributed by atoms with Crippen molar-refractivity contribution in [2.24, 2.45) is 62.4 Å². The molecule has 7 heteroatoms. The van der Waals surface area contributed by atoms with Gasteiger partial charge in [0.2, 0.25) is 5.91 Å². The molecule has 0 radical (unpaired) electrons. The molecule has 7 nitrogen and oxygen atoms in total. The van der Waals surface area contributed by atoms with Gasteiger partial charge in [-0.3, -0.25) is 14.4 Å². The Bertz CT molecular complexity index is 1150. The minimum atomic E-state index is -0.428. The van der Waals surface area contributed by atoms with Crippen LogP contribution in [0.5, 0.6) is 0 Å². The molecule has 5 aliphatic rings. The van der Waals surface area contributed by atoms with Crippen molar-refractivity contribution in [3.63, 3.8) is 0 Å². The van der Waals surface area contributed by atoms with Gasteiger partial charge in [0.25, 0.3) is 0 Å². The smallest absolute Gasteiger partial charge is 0.302 e. The molecule has 1 amide bonds. The third-order valence-electron chi connectivity index (χ3n) is 14.6. The predicted octanol–water partition coefficient (Wildman–Crippen LogP) is 6.19. The highest BCUT2D eigenvalue weighted by Crippen LogP contribution is 2.77. The molecule has 5 fully saturated rings. The standard InChI is InChI=1S/C36H58N2O5/c1-22(2)25-11-16-36(31(41)38-20-19-37)18-17-34(7)26(30(25)36)9-10-28-32(5)14-13-29(43-24(4)40)33(6,21-42-23(3)39)27(32)12-15-35(28,34)8/h25-30H,1,9-21,37H2,2-8H3,(H,38,41)/t25-,26+,27+,28+,29-,30+,32-,33-,34+,35+,36-/m0/s1. The number of allylic oxidation sites excluding steroid dienone is 1. The second kappa shape index (κ2) is 11.2. The number of carbonyl (C=O) groups is 3. The van der Waals surface area contributed by atoms with Crippen molar-refractivity contribution in [3.05, 3.63) is 12.2 Å². The van der Waals surface area contributed by atoms with Gasteiger partial charge in [0.1, 0.15) is 12.7 Å². The van der Waals surface area contributed by atoms with E-state index in [0.29, 0.717) is 36.8 Å². The number of carbonyl (C=O) groups excluding carboxylic acids is 3. The van der Waals surface area contributed by atoms with Crippen LogP contribution in [0.15, 0.2) is 12.2 Å². The van der Waals surface area contributed by atoms with E-state index in [2.05, 4.69) is 46.5 Å². The van der Waals surface area contributed by atoms with Crippen molar-refractivity contribution in [1.82, 2.24) is 5.32 Å². The lowest BCUT2D eigenvalue weighted by Crippen LogP contribution is -2.68. The summed E-state index contributed by atoms with van der Waals surface area (Å²) in [6.07, 6.45) is 9.96. The second-order valence-electron chi connectivity index (χ2n) is 16.3. The topological polar surface area (TPSA) is 108 Å². The van der Waals surface area contributed by atoms with E-state index in [1.165, 1.54) is 19.4 Å². The van der Waals surface area contributed by atoms with Gasteiger partial charge in [-0.05, 0) is 117 Å². The van der Waals surface area contributed by atoms with E-state index in [-0.39, 0.29) is 58.1 Å². The summed E-state index contributed by atoms with van der Waals surface area (Å²) >= 11 is 0. The lowest BCUT2D eigenvalue weighted by atomic mass is 9.32. The van der Waals surface area contributed by atoms with E-state index < -0.39 is 5.41 Å². The van der Waals surface area contributed by atoms with E-state index in [1.54, 1.807) is 0 Å². The maximum atomic E-state index is 13.9. The highest BCUT2D eigenvalue weighted by atomic mass is 16.6. The van der Waals surface area contributed by atoms with Crippen molar-refractivity contribution in [1.29, 1.82) is 0 Å². The molecular weight excluding hydrogens is 540 g/mol. The summed E-state index contributed by atoms with van der Waals surface area (Å²) in [4.78, 5) is 38.1. The Balaban J connectivity index is 1.51. The third-order valence-corrected chi connectivity index (χ3v) is 14.6. The van der Waals surface area contributed by atoms with Crippen LogP contribution < -0.4 is 11.1 Å². The Morgan fingerprint density at radius 2 is 1.56 bits per heavy atom. The fourth-order valence-corrected chi connectivity index (χ4v) is 12.5. The molecule has 0 aromatic heterocycles. The van der Waals surface area contributed by atoms with Gasteiger partial charge in [0.05, 0.1) is 5.41 Å². The first-order chi connectivity index (χ1) is 20.1. The second-order valence-corrected chi connectivity index (χ2v) is 16.3. The number of amides is 1. The summed E-state index contributed by atoms with van der Waals surface area (Å²) < 4.78 is 11.7. The summed E-state index contributed by atoms with van der Waals surface area (Å²) in [5, 5.41) is 3.22. The highest BCUT2D eigenvalue weighted by molar-refractivity contribution is 5.84. The molecule has 0 heterocycles. The van der Waals surface area contributed by atoms with E-state index in [9.17, 15) is 14.4 Å². The minimum Gasteiger partial charge on any atom is -0.465 e. The van der Waals surface area contributed by atoms with Gasteiger partial charge >= 0.3 is 11.9 Å². The first-order valence-corrected chi connectivity index (χ1v) is 17.0. The lowest BCUT2D eigenvalue weighted by Gasteiger charge is -2.73. The van der Waals surface area contributed by atoms with Crippen LogP contribution in [0.4, 0.5) is 0 Å². The van der Waals surface area contributed by atoms with Crippen LogP contribution in [0, 0.1) is 56.7 Å². The molecule has 11 atom stereocenters. The maximum Gasteiger partial charge on any atom is 0.302 e. The first-order valence-electron chi connectivity index (χ1n) is 17.0. The van der Waals surface area contributed by atoms with Gasteiger partial charge in [-0.1, -0.05) is 39.8 Å². The van der Waals surface area contributed by atoms with Crippen LogP contribution in [0.3, 0.4) is 0 Å². The highest BCUT2D eigenvalue weighted by Gasteiger charge is 2.72. The van der Waals surface area contributed by atoms with Crippen LogP contribution in [-0.4, -0.2) is 43.6 Å². The summed E-state index contributed by atoms with van der Waals surface area (Å²) in [5.41, 5.74) is 6.57. The summed E-state index contributed by atoms with van der Waals surface area (Å²) in [6, 6.07) is 0. The van der Waals surface area contributed by atoms with Crippen LogP contribution in [0.1, 0.15) is 113 Å². The van der Waals surface area contributed by atoms with Gasteiger partial charge in [0, 0.05) is 32.4 Å². The number of rotatable bonds is 7. The van der Waals surface area contributed by atoms with E-state index in [4.69, 9.17) is 15.2 Å². The minimum absolute atomic E-state index is 0.0446. The van der Waals surface area contributed by atoms with Gasteiger partial charge in [-0.2, -0.15) is 0 Å². The zero-order chi connectivity index (χ0) is 31.6. The number of hydrogen-bond donors (Lipinski definition) is 2. The van der Waals surface area contributed by atoms with E-state index in [1.807, 2.05) is 0 Å². The van der Waals surface area contributed by atoms with Crippen LogP contribution >= 0.6 is 0 Å². The van der Waals surface area contributed by atoms with Crippen molar-refractivity contribution >= 4 is 17.8 Å². The van der Waals surface area contributed by atoms with Crippen LogP contribution in [0.2, 0.25) is 0 Å². The van der Waals surface area contributed by atoms with E-state index >= 15 is 0 Å². The Kier molecular flexibility index (Phi) is 8.44. The average Bonchev–Trinajstić information content (AvgIpc) is 3.34. The molecule has 0 spiro atoms. The predicted molar refractivity (Wildman–Crippen MR) is 168 cm³/mol. The fraction of sp³-hybridized carbons (Fsp3) is 0.861. The molecule has 43 heavy (non-hydrogen) atoms. The molecule has 5 rings (SSSR count). The molecule has 0 aliphatic heterocycles. The Labute approximate surface area is 259 Å². The zero-order valence-corrected chi connectivity index (χ0v) is 28.0. The molecule has 0 unspecified atom stereocenters. The monoisotopic (exact) mass is 598 g/mol. The number of nitrogens with one attached hydrogen (secondary N) is 1. The van der Waals surface area contributed by atoms with Crippen LogP contribution in [0.25, 0.3) is 0 Å². The van der Waals surface area contributed by atoms with Gasteiger partial charge in [-0.25, -0.2) is 0 Å². The Morgan fingerprint density at radius 3 is 2.19 bits per heavy atom. The van der Waals surface area contributed by atoms with E-state index in [0.717, 1.165) is 64.2 Å². The Hall–Kier alpha value is -1.89. The molecule has 0 aromatic carbocycles. The quantitative estimate of drug-likeness (QED) is 0.267. The molecule has 0 bridgehead atoms. The SMILES string of the molecule is C=C(C)[C@@H]1CC[C@]2(C(=O)NCCN)CC[C@]3(C)[C@H](CC[C@@H]4[C@@]5(C)CC[C@H](OC(C)=O)[C@@](C)(COC(C)=O)[C@@H]5CC[C@]43C)[C@@H]12. The largest absolute Gasteiger partial charge is 0.465 e. The lowest BCUT2D eigenvalue weighted by molar-refractivity contribution is -0.256. The molecule has 0 aromatic rings. The van der Waals surface area contributed by atoms with Crippen molar-refractivity contribution in [3.8, 4) is 0 Å². The molecule has 5 saturated carbocycles. The van der Waals surface area contributed by atoms with Gasteiger partial charge < -0.3 is 20.5 Å². The third kappa shape index (κ3) is 4.72. The zero-order valence-electron chi connectivity index (χ0n) is 28.0. The molecule has 5 aliphatic carbocycles. The Morgan fingerprint density at radius 1 is 0.837 bits per heavy atom. The number of fused-ring (bicyclic) bond motifs is 7. The molecule has 0 saturated heterocycles. The molecular formula is C36H58N2O5. The maximum absolute atomic E-state index is 13.9. The molecule has 3 N–H and O–H groups in total. The summed E-state index contributed by atoms with van der Waals surface area (Å²) in [5.74, 6) is 1.65. The number of nitrogens with two attached hydrogens (primary N) is 1. The van der Waals surface area contributed by atoms with Gasteiger partial charge in [-0.15, -0.1) is 0 Å². The summed E-state index contributed by atoms with van der Waals surface area (Å²) in [7, 11) is 0. The van der Waals surface area contributed by atoms with Gasteiger partial charge in [0.15, 0.2) is 0 Å². The average molecular weight is 599 g/mol.